The Bertz CT molecular complexity index is 367. The maximum Gasteiger partial charge on any atom is 0.134 e. The summed E-state index contributed by atoms with van der Waals surface area (Å²) in [5.41, 5.74) is 2.38. The summed E-state index contributed by atoms with van der Waals surface area (Å²) in [7, 11) is 1.93. The van der Waals surface area contributed by atoms with Gasteiger partial charge in [0.2, 0.25) is 0 Å². The lowest BCUT2D eigenvalue weighted by atomic mass is 10.0. The van der Waals surface area contributed by atoms with Crippen molar-refractivity contribution in [1.29, 1.82) is 0 Å². The smallest absolute Gasteiger partial charge is 0.134 e. The van der Waals surface area contributed by atoms with Crippen LogP contribution in [0.15, 0.2) is 0 Å². The number of hydrogen-bond donors (Lipinski definition) is 1. The highest BCUT2D eigenvalue weighted by Crippen LogP contribution is 2.39. The van der Waals surface area contributed by atoms with Crippen LogP contribution in [0, 0.1) is 6.92 Å². The Morgan fingerprint density at radius 3 is 2.40 bits per heavy atom. The number of nitrogens with one attached hydrogen (secondary N) is 1. The molecule has 0 aliphatic heterocycles. The second kappa shape index (κ2) is 3.80. The highest BCUT2D eigenvalue weighted by Gasteiger charge is 2.28. The van der Waals surface area contributed by atoms with E-state index in [1.807, 2.05) is 7.05 Å². The van der Waals surface area contributed by atoms with Gasteiger partial charge in [0.15, 0.2) is 0 Å². The number of anilines is 1. The fraction of sp³-hybridized carbons (Fsp3) is 0.667. The molecule has 0 aromatic carbocycles. The van der Waals surface area contributed by atoms with E-state index in [1.54, 1.807) is 0 Å². The molecule has 0 unspecified atom stereocenters. The molecule has 1 aromatic heterocycles. The van der Waals surface area contributed by atoms with Crippen LogP contribution in [0.5, 0.6) is 0 Å². The molecule has 1 fully saturated rings. The second-order valence-electron chi connectivity index (χ2n) is 4.61. The minimum atomic E-state index is 0.473. The third-order valence-electron chi connectivity index (χ3n) is 2.91. The van der Waals surface area contributed by atoms with Crippen molar-refractivity contribution in [2.24, 2.45) is 0 Å². The van der Waals surface area contributed by atoms with Crippen molar-refractivity contribution >= 4 is 5.82 Å². The van der Waals surface area contributed by atoms with Crippen LogP contribution in [0.4, 0.5) is 5.82 Å². The van der Waals surface area contributed by atoms with Gasteiger partial charge < -0.3 is 5.32 Å². The van der Waals surface area contributed by atoms with Crippen LogP contribution in [0.1, 0.15) is 55.6 Å². The summed E-state index contributed by atoms with van der Waals surface area (Å²) in [4.78, 5) is 9.23. The Balaban J connectivity index is 2.46. The van der Waals surface area contributed by atoms with Gasteiger partial charge in [0.25, 0.3) is 0 Å². The first-order valence-electron chi connectivity index (χ1n) is 5.69. The van der Waals surface area contributed by atoms with E-state index < -0.39 is 0 Å². The maximum atomic E-state index is 4.61. The highest BCUT2D eigenvalue weighted by molar-refractivity contribution is 5.48. The molecule has 0 bridgehead atoms. The Labute approximate surface area is 91.3 Å². The van der Waals surface area contributed by atoms with E-state index in [-0.39, 0.29) is 0 Å². The van der Waals surface area contributed by atoms with E-state index in [0.29, 0.717) is 11.8 Å². The first-order chi connectivity index (χ1) is 7.13. The molecule has 1 heterocycles. The van der Waals surface area contributed by atoms with Gasteiger partial charge in [-0.05, 0) is 25.7 Å². The number of aryl methyl sites for hydroxylation is 1. The highest BCUT2D eigenvalue weighted by atomic mass is 15.0. The zero-order valence-electron chi connectivity index (χ0n) is 9.96. The van der Waals surface area contributed by atoms with Crippen molar-refractivity contribution in [3.63, 3.8) is 0 Å². The van der Waals surface area contributed by atoms with Crippen LogP contribution >= 0.6 is 0 Å². The second-order valence-corrected chi connectivity index (χ2v) is 4.61. The van der Waals surface area contributed by atoms with E-state index in [0.717, 1.165) is 17.3 Å². The SMILES string of the molecule is CNc1nc(C2CC2)nc(C)c1C(C)C. The van der Waals surface area contributed by atoms with Crippen LogP contribution in [0.3, 0.4) is 0 Å². The van der Waals surface area contributed by atoms with Gasteiger partial charge in [-0.2, -0.15) is 0 Å². The van der Waals surface area contributed by atoms with Crippen molar-refractivity contribution in [2.45, 2.75) is 45.4 Å². The number of rotatable bonds is 3. The first-order valence-corrected chi connectivity index (χ1v) is 5.69. The van der Waals surface area contributed by atoms with Crippen molar-refractivity contribution in [2.75, 3.05) is 12.4 Å². The fourth-order valence-corrected chi connectivity index (χ4v) is 2.01. The number of aromatic nitrogens is 2. The lowest BCUT2D eigenvalue weighted by molar-refractivity contribution is 0.806. The lowest BCUT2D eigenvalue weighted by Gasteiger charge is -2.15. The van der Waals surface area contributed by atoms with Crippen molar-refractivity contribution in [3.8, 4) is 0 Å². The molecule has 1 aliphatic rings. The molecule has 82 valence electrons. The molecule has 3 heteroatoms. The molecule has 1 N–H and O–H groups in total. The molecule has 0 saturated heterocycles. The van der Waals surface area contributed by atoms with Gasteiger partial charge in [-0.3, -0.25) is 0 Å². The van der Waals surface area contributed by atoms with Crippen LogP contribution in [-0.4, -0.2) is 17.0 Å². The Kier molecular flexibility index (Phi) is 2.63. The first kappa shape index (κ1) is 10.4. The minimum absolute atomic E-state index is 0.473. The van der Waals surface area contributed by atoms with Crippen LogP contribution < -0.4 is 5.32 Å². The van der Waals surface area contributed by atoms with Crippen LogP contribution in [0.25, 0.3) is 0 Å². The van der Waals surface area contributed by atoms with E-state index in [9.17, 15) is 0 Å². The third-order valence-corrected chi connectivity index (χ3v) is 2.91. The van der Waals surface area contributed by atoms with Gasteiger partial charge in [-0.15, -0.1) is 0 Å². The summed E-state index contributed by atoms with van der Waals surface area (Å²) in [6, 6.07) is 0. The standard InChI is InChI=1S/C12H19N3/c1-7(2)10-8(3)14-11(9-5-6-9)15-12(10)13-4/h7,9H,5-6H2,1-4H3,(H,13,14,15). The quantitative estimate of drug-likeness (QED) is 0.824. The summed E-state index contributed by atoms with van der Waals surface area (Å²) in [5.74, 6) is 3.14. The molecule has 15 heavy (non-hydrogen) atoms. The molecule has 1 saturated carbocycles. The van der Waals surface area contributed by atoms with Gasteiger partial charge >= 0.3 is 0 Å². The summed E-state index contributed by atoms with van der Waals surface area (Å²) < 4.78 is 0. The lowest BCUT2D eigenvalue weighted by Crippen LogP contribution is -2.08. The summed E-state index contributed by atoms with van der Waals surface area (Å²) in [5, 5.41) is 3.19. The fourth-order valence-electron chi connectivity index (χ4n) is 2.01. The molecule has 1 aliphatic carbocycles. The molecular weight excluding hydrogens is 186 g/mol. The average Bonchev–Trinajstić information content (AvgIpc) is 2.98. The zero-order valence-corrected chi connectivity index (χ0v) is 9.96. The zero-order chi connectivity index (χ0) is 11.0. The molecule has 0 amide bonds. The van der Waals surface area contributed by atoms with Crippen molar-refractivity contribution < 1.29 is 0 Å². The molecule has 1 aromatic rings. The molecule has 3 nitrogen and oxygen atoms in total. The monoisotopic (exact) mass is 205 g/mol. The molecular formula is C12H19N3. The van der Waals surface area contributed by atoms with E-state index >= 15 is 0 Å². The summed E-state index contributed by atoms with van der Waals surface area (Å²) in [6.45, 7) is 6.45. The van der Waals surface area contributed by atoms with E-state index in [1.165, 1.54) is 18.4 Å². The molecule has 0 radical (unpaired) electrons. The summed E-state index contributed by atoms with van der Waals surface area (Å²) in [6.07, 6.45) is 2.51. The number of hydrogen-bond acceptors (Lipinski definition) is 3. The third kappa shape index (κ3) is 1.96. The Hall–Kier alpha value is -1.12. The molecule has 2 rings (SSSR count). The largest absolute Gasteiger partial charge is 0.373 e. The van der Waals surface area contributed by atoms with Gasteiger partial charge in [0.05, 0.1) is 0 Å². The Morgan fingerprint density at radius 2 is 1.93 bits per heavy atom. The molecule has 0 spiro atoms. The van der Waals surface area contributed by atoms with Gasteiger partial charge in [0, 0.05) is 24.2 Å². The topological polar surface area (TPSA) is 37.8 Å². The van der Waals surface area contributed by atoms with Gasteiger partial charge in [-0.25, -0.2) is 9.97 Å². The van der Waals surface area contributed by atoms with Gasteiger partial charge in [0.1, 0.15) is 11.6 Å². The Morgan fingerprint density at radius 1 is 1.27 bits per heavy atom. The summed E-state index contributed by atoms with van der Waals surface area (Å²) >= 11 is 0. The van der Waals surface area contributed by atoms with E-state index in [4.69, 9.17) is 0 Å². The number of nitrogens with zero attached hydrogens (tertiary/aromatic N) is 2. The van der Waals surface area contributed by atoms with Gasteiger partial charge in [-0.1, -0.05) is 13.8 Å². The molecule has 0 atom stereocenters. The average molecular weight is 205 g/mol. The predicted molar refractivity (Wildman–Crippen MR) is 62.4 cm³/mol. The van der Waals surface area contributed by atoms with Crippen LogP contribution in [-0.2, 0) is 0 Å². The van der Waals surface area contributed by atoms with Crippen molar-refractivity contribution in [3.05, 3.63) is 17.1 Å². The normalized spacial score (nSPS) is 15.8. The van der Waals surface area contributed by atoms with E-state index in [2.05, 4.69) is 36.1 Å². The minimum Gasteiger partial charge on any atom is -0.373 e. The maximum absolute atomic E-state index is 4.61. The van der Waals surface area contributed by atoms with Crippen molar-refractivity contribution in [1.82, 2.24) is 9.97 Å². The van der Waals surface area contributed by atoms with Crippen LogP contribution in [0.2, 0.25) is 0 Å². The predicted octanol–water partition coefficient (Wildman–Crippen LogP) is 2.83.